The molecule has 3 nitrogen and oxygen atoms in total. The minimum absolute atomic E-state index is 0.0691. The van der Waals surface area contributed by atoms with Gasteiger partial charge in [-0.2, -0.15) is 0 Å². The SMILES string of the molecule is CCCCN(C)C(=O)Nc1ccccc1Br. The zero-order valence-electron chi connectivity index (χ0n) is 9.66. The van der Waals surface area contributed by atoms with E-state index in [2.05, 4.69) is 28.2 Å². The lowest BCUT2D eigenvalue weighted by Crippen LogP contribution is -2.32. The first-order chi connectivity index (χ1) is 7.65. The number of urea groups is 1. The highest BCUT2D eigenvalue weighted by Crippen LogP contribution is 2.21. The molecule has 0 aliphatic heterocycles. The zero-order chi connectivity index (χ0) is 12.0. The number of nitrogens with one attached hydrogen (secondary N) is 1. The summed E-state index contributed by atoms with van der Waals surface area (Å²) in [6.07, 6.45) is 2.12. The Morgan fingerprint density at radius 3 is 2.75 bits per heavy atom. The van der Waals surface area contributed by atoms with Gasteiger partial charge in [0.15, 0.2) is 0 Å². The standard InChI is InChI=1S/C12H17BrN2O/c1-3-4-9-15(2)12(16)14-11-8-6-5-7-10(11)13/h5-8H,3-4,9H2,1-2H3,(H,14,16). The average Bonchev–Trinajstić information content (AvgIpc) is 2.28. The molecular formula is C12H17BrN2O. The van der Waals surface area contributed by atoms with E-state index in [0.717, 1.165) is 29.5 Å². The highest BCUT2D eigenvalue weighted by molar-refractivity contribution is 9.10. The lowest BCUT2D eigenvalue weighted by molar-refractivity contribution is 0.222. The fourth-order valence-corrected chi connectivity index (χ4v) is 1.65. The van der Waals surface area contributed by atoms with E-state index in [0.29, 0.717) is 0 Å². The van der Waals surface area contributed by atoms with Gasteiger partial charge in [-0.1, -0.05) is 25.5 Å². The Bertz CT molecular complexity index is 355. The molecule has 1 aromatic rings. The van der Waals surface area contributed by atoms with Crippen molar-refractivity contribution in [1.29, 1.82) is 0 Å². The molecule has 1 rings (SSSR count). The van der Waals surface area contributed by atoms with E-state index in [9.17, 15) is 4.79 Å². The van der Waals surface area contributed by atoms with Crippen molar-refractivity contribution in [2.24, 2.45) is 0 Å². The average molecular weight is 285 g/mol. The zero-order valence-corrected chi connectivity index (χ0v) is 11.3. The van der Waals surface area contributed by atoms with Gasteiger partial charge in [-0.15, -0.1) is 0 Å². The van der Waals surface area contributed by atoms with E-state index in [1.54, 1.807) is 4.90 Å². The first-order valence-corrected chi connectivity index (χ1v) is 6.21. The maximum absolute atomic E-state index is 11.8. The fraction of sp³-hybridized carbons (Fsp3) is 0.417. The molecule has 4 heteroatoms. The first kappa shape index (κ1) is 13.0. The Kier molecular flexibility index (Phi) is 5.32. The quantitative estimate of drug-likeness (QED) is 0.898. The molecule has 0 aromatic heterocycles. The van der Waals surface area contributed by atoms with Crippen molar-refractivity contribution in [3.05, 3.63) is 28.7 Å². The predicted octanol–water partition coefficient (Wildman–Crippen LogP) is 3.71. The molecule has 88 valence electrons. The van der Waals surface area contributed by atoms with Gasteiger partial charge in [0, 0.05) is 18.1 Å². The number of unbranched alkanes of at least 4 members (excludes halogenated alkanes) is 1. The molecule has 0 saturated heterocycles. The molecule has 2 amide bonds. The summed E-state index contributed by atoms with van der Waals surface area (Å²) in [6, 6.07) is 7.52. The molecular weight excluding hydrogens is 268 g/mol. The third kappa shape index (κ3) is 3.85. The minimum Gasteiger partial charge on any atom is -0.328 e. The second-order valence-electron chi connectivity index (χ2n) is 3.69. The van der Waals surface area contributed by atoms with Gasteiger partial charge in [-0.25, -0.2) is 4.79 Å². The van der Waals surface area contributed by atoms with E-state index in [-0.39, 0.29) is 6.03 Å². The molecule has 1 N–H and O–H groups in total. The minimum atomic E-state index is -0.0691. The van der Waals surface area contributed by atoms with Crippen molar-refractivity contribution >= 4 is 27.6 Å². The second kappa shape index (κ2) is 6.53. The highest BCUT2D eigenvalue weighted by atomic mass is 79.9. The van der Waals surface area contributed by atoms with Crippen LogP contribution >= 0.6 is 15.9 Å². The molecule has 0 heterocycles. The van der Waals surface area contributed by atoms with Gasteiger partial charge in [0.25, 0.3) is 0 Å². The number of amides is 2. The number of benzene rings is 1. The van der Waals surface area contributed by atoms with Crippen molar-refractivity contribution in [2.45, 2.75) is 19.8 Å². The van der Waals surface area contributed by atoms with Crippen molar-refractivity contribution in [2.75, 3.05) is 18.9 Å². The van der Waals surface area contributed by atoms with Crippen LogP contribution in [0.4, 0.5) is 10.5 Å². The van der Waals surface area contributed by atoms with Gasteiger partial charge in [0.1, 0.15) is 0 Å². The number of rotatable bonds is 4. The van der Waals surface area contributed by atoms with Crippen LogP contribution in [0.25, 0.3) is 0 Å². The Morgan fingerprint density at radius 1 is 1.44 bits per heavy atom. The Hall–Kier alpha value is -1.03. The Balaban J connectivity index is 2.54. The van der Waals surface area contributed by atoms with Gasteiger partial charge >= 0.3 is 6.03 Å². The number of hydrogen-bond donors (Lipinski definition) is 1. The number of halogens is 1. The summed E-state index contributed by atoms with van der Waals surface area (Å²) < 4.78 is 0.896. The van der Waals surface area contributed by atoms with Crippen LogP contribution in [-0.4, -0.2) is 24.5 Å². The van der Waals surface area contributed by atoms with E-state index in [4.69, 9.17) is 0 Å². The van der Waals surface area contributed by atoms with E-state index >= 15 is 0 Å². The maximum Gasteiger partial charge on any atom is 0.321 e. The topological polar surface area (TPSA) is 32.3 Å². The van der Waals surface area contributed by atoms with Gasteiger partial charge in [0.05, 0.1) is 5.69 Å². The van der Waals surface area contributed by atoms with Gasteiger partial charge in [-0.3, -0.25) is 0 Å². The fourth-order valence-electron chi connectivity index (χ4n) is 1.27. The number of carbonyl (C=O) groups is 1. The summed E-state index contributed by atoms with van der Waals surface area (Å²) in [6.45, 7) is 2.90. The molecule has 1 aromatic carbocycles. The first-order valence-electron chi connectivity index (χ1n) is 5.41. The lowest BCUT2D eigenvalue weighted by atomic mass is 10.3. The highest BCUT2D eigenvalue weighted by Gasteiger charge is 2.09. The van der Waals surface area contributed by atoms with Crippen molar-refractivity contribution in [1.82, 2.24) is 4.90 Å². The normalized spacial score (nSPS) is 9.94. The van der Waals surface area contributed by atoms with E-state index < -0.39 is 0 Å². The number of anilines is 1. The monoisotopic (exact) mass is 284 g/mol. The van der Waals surface area contributed by atoms with Crippen LogP contribution in [0, 0.1) is 0 Å². The molecule has 0 aliphatic carbocycles. The molecule has 0 aliphatic rings. The van der Waals surface area contributed by atoms with Crippen LogP contribution in [-0.2, 0) is 0 Å². The summed E-state index contributed by atoms with van der Waals surface area (Å²) >= 11 is 3.39. The van der Waals surface area contributed by atoms with Gasteiger partial charge < -0.3 is 10.2 Å². The molecule has 0 saturated carbocycles. The van der Waals surface area contributed by atoms with Gasteiger partial charge in [0.2, 0.25) is 0 Å². The largest absolute Gasteiger partial charge is 0.328 e. The number of carbonyl (C=O) groups excluding carboxylic acids is 1. The summed E-state index contributed by atoms with van der Waals surface area (Å²) in [4.78, 5) is 13.5. The number of hydrogen-bond acceptors (Lipinski definition) is 1. The Morgan fingerprint density at radius 2 is 2.12 bits per heavy atom. The molecule has 0 spiro atoms. The number of para-hydroxylation sites is 1. The molecule has 0 fully saturated rings. The van der Waals surface area contributed by atoms with Crippen LogP contribution in [0.5, 0.6) is 0 Å². The van der Waals surface area contributed by atoms with Crippen molar-refractivity contribution in [3.8, 4) is 0 Å². The summed E-state index contributed by atoms with van der Waals surface area (Å²) in [5, 5.41) is 2.86. The molecule has 0 atom stereocenters. The van der Waals surface area contributed by atoms with E-state index in [1.807, 2.05) is 31.3 Å². The maximum atomic E-state index is 11.8. The van der Waals surface area contributed by atoms with Crippen LogP contribution in [0.3, 0.4) is 0 Å². The third-order valence-electron chi connectivity index (χ3n) is 2.31. The van der Waals surface area contributed by atoms with Gasteiger partial charge in [-0.05, 0) is 34.5 Å². The molecule has 0 unspecified atom stereocenters. The molecule has 0 radical (unpaired) electrons. The van der Waals surface area contributed by atoms with Crippen LogP contribution in [0.2, 0.25) is 0 Å². The van der Waals surface area contributed by atoms with Crippen LogP contribution in [0.1, 0.15) is 19.8 Å². The van der Waals surface area contributed by atoms with Crippen molar-refractivity contribution < 1.29 is 4.79 Å². The third-order valence-corrected chi connectivity index (χ3v) is 3.00. The molecule has 0 bridgehead atoms. The van der Waals surface area contributed by atoms with Crippen LogP contribution < -0.4 is 5.32 Å². The summed E-state index contributed by atoms with van der Waals surface area (Å²) in [5.74, 6) is 0. The second-order valence-corrected chi connectivity index (χ2v) is 4.54. The van der Waals surface area contributed by atoms with Crippen molar-refractivity contribution in [3.63, 3.8) is 0 Å². The lowest BCUT2D eigenvalue weighted by Gasteiger charge is -2.18. The van der Waals surface area contributed by atoms with Crippen LogP contribution in [0.15, 0.2) is 28.7 Å². The predicted molar refractivity (Wildman–Crippen MR) is 70.7 cm³/mol. The summed E-state index contributed by atoms with van der Waals surface area (Å²) in [7, 11) is 1.81. The molecule has 16 heavy (non-hydrogen) atoms. The summed E-state index contributed by atoms with van der Waals surface area (Å²) in [5.41, 5.74) is 0.802. The smallest absolute Gasteiger partial charge is 0.321 e. The number of nitrogens with zero attached hydrogens (tertiary/aromatic N) is 1. The van der Waals surface area contributed by atoms with E-state index in [1.165, 1.54) is 0 Å². The Labute approximate surface area is 105 Å².